The predicted octanol–water partition coefficient (Wildman–Crippen LogP) is 2.15. The van der Waals surface area contributed by atoms with E-state index in [2.05, 4.69) is 4.98 Å². The van der Waals surface area contributed by atoms with Crippen LogP contribution in [0.25, 0.3) is 0 Å². The average molecular weight is 291 g/mol. The number of nitrogen functional groups attached to an aromatic ring is 1. The molecule has 0 unspecified atom stereocenters. The van der Waals surface area contributed by atoms with Gasteiger partial charge in [0.25, 0.3) is 0 Å². The summed E-state index contributed by atoms with van der Waals surface area (Å²) >= 11 is 1.52. The van der Waals surface area contributed by atoms with Gasteiger partial charge in [-0.25, -0.2) is 4.98 Å². The maximum Gasteiger partial charge on any atom is 0.226 e. The number of anilines is 1. The maximum atomic E-state index is 11.9. The first-order valence-corrected chi connectivity index (χ1v) is 7.19. The van der Waals surface area contributed by atoms with Crippen molar-refractivity contribution in [2.75, 3.05) is 19.4 Å². The SMILES string of the molecule is CN(Cc1cscn1)C(=O)CCOc1cccc(N)c1. The first-order valence-electron chi connectivity index (χ1n) is 6.24. The van der Waals surface area contributed by atoms with Crippen LogP contribution < -0.4 is 10.5 Å². The van der Waals surface area contributed by atoms with Gasteiger partial charge >= 0.3 is 0 Å². The number of nitrogens with two attached hydrogens (primary N) is 1. The smallest absolute Gasteiger partial charge is 0.226 e. The molecule has 20 heavy (non-hydrogen) atoms. The normalized spacial score (nSPS) is 10.2. The van der Waals surface area contributed by atoms with Gasteiger partial charge in [-0.3, -0.25) is 4.79 Å². The lowest BCUT2D eigenvalue weighted by molar-refractivity contribution is -0.131. The Labute approximate surface area is 122 Å². The third-order valence-corrected chi connectivity index (χ3v) is 3.39. The summed E-state index contributed by atoms with van der Waals surface area (Å²) < 4.78 is 5.50. The number of rotatable bonds is 6. The van der Waals surface area contributed by atoms with Gasteiger partial charge < -0.3 is 15.4 Å². The summed E-state index contributed by atoms with van der Waals surface area (Å²) in [6, 6.07) is 7.17. The van der Waals surface area contributed by atoms with Crippen LogP contribution in [-0.2, 0) is 11.3 Å². The molecule has 1 aromatic carbocycles. The lowest BCUT2D eigenvalue weighted by Crippen LogP contribution is -2.27. The third kappa shape index (κ3) is 4.24. The molecule has 0 saturated carbocycles. The van der Waals surface area contributed by atoms with E-state index in [1.807, 2.05) is 17.5 Å². The number of ether oxygens (including phenoxy) is 1. The lowest BCUT2D eigenvalue weighted by Gasteiger charge is -2.16. The number of carbonyl (C=O) groups is 1. The second kappa shape index (κ2) is 6.91. The van der Waals surface area contributed by atoms with Gasteiger partial charge in [0.05, 0.1) is 30.8 Å². The minimum absolute atomic E-state index is 0.0295. The number of hydrogen-bond donors (Lipinski definition) is 1. The van der Waals surface area contributed by atoms with Crippen LogP contribution in [0.2, 0.25) is 0 Å². The molecule has 1 amide bonds. The molecular weight excluding hydrogens is 274 g/mol. The number of thiazole rings is 1. The Hall–Kier alpha value is -2.08. The van der Waals surface area contributed by atoms with E-state index in [1.54, 1.807) is 29.6 Å². The molecule has 2 rings (SSSR count). The molecule has 2 N–H and O–H groups in total. The number of amides is 1. The summed E-state index contributed by atoms with van der Waals surface area (Å²) in [6.07, 6.45) is 0.329. The Morgan fingerprint density at radius 3 is 3.05 bits per heavy atom. The Bertz CT molecular complexity index is 557. The van der Waals surface area contributed by atoms with Crippen molar-refractivity contribution in [3.63, 3.8) is 0 Å². The summed E-state index contributed by atoms with van der Waals surface area (Å²) in [5.41, 5.74) is 8.97. The molecule has 0 atom stereocenters. The van der Waals surface area contributed by atoms with Crippen LogP contribution in [0.1, 0.15) is 12.1 Å². The highest BCUT2D eigenvalue weighted by Gasteiger charge is 2.10. The second-order valence-corrected chi connectivity index (χ2v) is 5.12. The molecule has 0 spiro atoms. The zero-order valence-electron chi connectivity index (χ0n) is 11.3. The van der Waals surface area contributed by atoms with Gasteiger partial charge in [-0.1, -0.05) is 6.07 Å². The second-order valence-electron chi connectivity index (χ2n) is 4.40. The summed E-state index contributed by atoms with van der Waals surface area (Å²) in [6.45, 7) is 0.865. The fraction of sp³-hybridized carbons (Fsp3) is 0.286. The van der Waals surface area contributed by atoms with Gasteiger partial charge in [0.1, 0.15) is 5.75 Å². The Balaban J connectivity index is 1.74. The van der Waals surface area contributed by atoms with E-state index in [0.717, 1.165) is 5.69 Å². The molecular formula is C14H17N3O2S. The maximum absolute atomic E-state index is 11.9. The van der Waals surface area contributed by atoms with Crippen molar-refractivity contribution < 1.29 is 9.53 Å². The van der Waals surface area contributed by atoms with Gasteiger partial charge in [-0.2, -0.15) is 0 Å². The molecule has 106 valence electrons. The van der Waals surface area contributed by atoms with Crippen LogP contribution >= 0.6 is 11.3 Å². The van der Waals surface area contributed by atoms with Crippen molar-refractivity contribution in [2.45, 2.75) is 13.0 Å². The van der Waals surface area contributed by atoms with Crippen molar-refractivity contribution in [1.82, 2.24) is 9.88 Å². The zero-order chi connectivity index (χ0) is 14.4. The highest BCUT2D eigenvalue weighted by molar-refractivity contribution is 7.07. The number of nitrogens with zero attached hydrogens (tertiary/aromatic N) is 2. The van der Waals surface area contributed by atoms with Crippen molar-refractivity contribution in [3.05, 3.63) is 40.8 Å². The van der Waals surface area contributed by atoms with E-state index in [4.69, 9.17) is 10.5 Å². The van der Waals surface area contributed by atoms with E-state index in [0.29, 0.717) is 31.0 Å². The number of benzene rings is 1. The standard InChI is InChI=1S/C14H17N3O2S/c1-17(8-12-9-20-10-16-12)14(18)5-6-19-13-4-2-3-11(15)7-13/h2-4,7,9-10H,5-6,8,15H2,1H3. The van der Waals surface area contributed by atoms with Crippen molar-refractivity contribution >= 4 is 22.9 Å². The third-order valence-electron chi connectivity index (χ3n) is 2.75. The number of aromatic nitrogens is 1. The largest absolute Gasteiger partial charge is 0.493 e. The zero-order valence-corrected chi connectivity index (χ0v) is 12.1. The molecule has 1 aromatic heterocycles. The van der Waals surface area contributed by atoms with Crippen LogP contribution in [0.5, 0.6) is 5.75 Å². The van der Waals surface area contributed by atoms with Gasteiger partial charge in [0, 0.05) is 24.2 Å². The molecule has 2 aromatic rings. The van der Waals surface area contributed by atoms with Crippen molar-refractivity contribution in [1.29, 1.82) is 0 Å². The lowest BCUT2D eigenvalue weighted by atomic mass is 10.3. The van der Waals surface area contributed by atoms with E-state index >= 15 is 0 Å². The van der Waals surface area contributed by atoms with Crippen molar-refractivity contribution in [3.8, 4) is 5.75 Å². The molecule has 0 bridgehead atoms. The fourth-order valence-electron chi connectivity index (χ4n) is 1.70. The van der Waals surface area contributed by atoms with Gasteiger partial charge in [-0.05, 0) is 12.1 Å². The summed E-state index contributed by atoms with van der Waals surface area (Å²) in [7, 11) is 1.77. The molecule has 0 aliphatic heterocycles. The number of hydrogen-bond acceptors (Lipinski definition) is 5. The molecule has 5 nitrogen and oxygen atoms in total. The molecule has 0 saturated heterocycles. The van der Waals surface area contributed by atoms with E-state index in [-0.39, 0.29) is 5.91 Å². The van der Waals surface area contributed by atoms with Crippen LogP contribution in [0.4, 0.5) is 5.69 Å². The highest BCUT2D eigenvalue weighted by Crippen LogP contribution is 2.14. The summed E-state index contributed by atoms with van der Waals surface area (Å²) in [5, 5.41) is 1.94. The molecule has 6 heteroatoms. The topological polar surface area (TPSA) is 68.5 Å². The summed E-state index contributed by atoms with van der Waals surface area (Å²) in [5.74, 6) is 0.710. The molecule has 0 fully saturated rings. The number of carbonyl (C=O) groups excluding carboxylic acids is 1. The van der Waals surface area contributed by atoms with Gasteiger partial charge in [0.15, 0.2) is 0 Å². The quantitative estimate of drug-likeness (QED) is 0.828. The first kappa shape index (κ1) is 14.3. The fourth-order valence-corrected chi connectivity index (χ4v) is 2.25. The molecule has 0 radical (unpaired) electrons. The minimum Gasteiger partial charge on any atom is -0.493 e. The van der Waals surface area contributed by atoms with E-state index in [1.165, 1.54) is 11.3 Å². The first-order chi connectivity index (χ1) is 9.65. The molecule has 0 aliphatic carbocycles. The highest BCUT2D eigenvalue weighted by atomic mass is 32.1. The molecule has 1 heterocycles. The van der Waals surface area contributed by atoms with Gasteiger partial charge in [-0.15, -0.1) is 11.3 Å². The monoisotopic (exact) mass is 291 g/mol. The van der Waals surface area contributed by atoms with Crippen molar-refractivity contribution in [2.24, 2.45) is 0 Å². The Kier molecular flexibility index (Phi) is 4.95. The van der Waals surface area contributed by atoms with E-state index in [9.17, 15) is 4.79 Å². The average Bonchev–Trinajstić information content (AvgIpc) is 2.91. The van der Waals surface area contributed by atoms with Crippen LogP contribution in [-0.4, -0.2) is 29.4 Å². The van der Waals surface area contributed by atoms with E-state index < -0.39 is 0 Å². The van der Waals surface area contributed by atoms with Crippen LogP contribution in [0.15, 0.2) is 35.2 Å². The Morgan fingerprint density at radius 2 is 2.35 bits per heavy atom. The summed E-state index contributed by atoms with van der Waals surface area (Å²) in [4.78, 5) is 17.7. The van der Waals surface area contributed by atoms with Crippen LogP contribution in [0, 0.1) is 0 Å². The van der Waals surface area contributed by atoms with Crippen LogP contribution in [0.3, 0.4) is 0 Å². The Morgan fingerprint density at radius 1 is 1.50 bits per heavy atom. The van der Waals surface area contributed by atoms with Gasteiger partial charge in [0.2, 0.25) is 5.91 Å². The minimum atomic E-state index is 0.0295. The molecule has 0 aliphatic rings. The predicted molar refractivity (Wildman–Crippen MR) is 79.6 cm³/mol.